The van der Waals surface area contributed by atoms with Crippen molar-refractivity contribution in [1.82, 2.24) is 19.7 Å². The van der Waals surface area contributed by atoms with Crippen molar-refractivity contribution in [2.24, 2.45) is 17.6 Å². The smallest absolute Gasteiger partial charge is 0.405 e. The number of nitrogens with one attached hydrogen (secondary N) is 2. The van der Waals surface area contributed by atoms with Gasteiger partial charge in [0.25, 0.3) is 11.8 Å². The zero-order chi connectivity index (χ0) is 26.7. The van der Waals surface area contributed by atoms with Gasteiger partial charge < -0.3 is 20.8 Å². The van der Waals surface area contributed by atoms with Crippen molar-refractivity contribution < 1.29 is 27.2 Å². The Hall–Kier alpha value is -3.90. The summed E-state index contributed by atoms with van der Waals surface area (Å²) < 4.78 is 44.4. The Morgan fingerprint density at radius 1 is 1.24 bits per heavy atom. The number of oxazole rings is 1. The van der Waals surface area contributed by atoms with Gasteiger partial charge in [0.1, 0.15) is 18.6 Å². The summed E-state index contributed by atoms with van der Waals surface area (Å²) in [5, 5.41) is 9.12. The Kier molecular flexibility index (Phi) is 7.50. The van der Waals surface area contributed by atoms with Crippen molar-refractivity contribution in [3.63, 3.8) is 0 Å². The average Bonchev–Trinajstić information content (AvgIpc) is 3.51. The van der Waals surface area contributed by atoms with E-state index in [2.05, 4.69) is 39.5 Å². The van der Waals surface area contributed by atoms with Crippen LogP contribution in [-0.2, 0) is 0 Å². The molecule has 0 radical (unpaired) electrons. The molecule has 0 bridgehead atoms. The monoisotopic (exact) mass is 519 g/mol. The number of anilines is 2. The van der Waals surface area contributed by atoms with Gasteiger partial charge in [-0.2, -0.15) is 18.3 Å². The number of pyridine rings is 1. The maximum Gasteiger partial charge on any atom is 0.405 e. The Morgan fingerprint density at radius 2 is 1.97 bits per heavy atom. The fraction of sp³-hybridized carbons (Fsp3) is 0.458. The number of hydrogen-bond donors (Lipinski definition) is 3. The first-order valence-corrected chi connectivity index (χ1v) is 11.9. The number of primary amides is 1. The van der Waals surface area contributed by atoms with Gasteiger partial charge in [0.05, 0.1) is 11.7 Å². The molecule has 13 heteroatoms. The van der Waals surface area contributed by atoms with Crippen LogP contribution in [0.5, 0.6) is 0 Å². The van der Waals surface area contributed by atoms with Crippen LogP contribution in [0.4, 0.5) is 24.7 Å². The van der Waals surface area contributed by atoms with Gasteiger partial charge in [-0.25, -0.2) is 9.97 Å². The normalized spacial score (nSPS) is 18.1. The molecule has 0 spiro atoms. The predicted octanol–water partition coefficient (Wildman–Crippen LogP) is 4.65. The molecule has 4 rings (SSSR count). The number of hydrogen-bond acceptors (Lipinski definition) is 7. The topological polar surface area (TPSA) is 141 Å². The lowest BCUT2D eigenvalue weighted by Gasteiger charge is -2.30. The molecule has 2 amide bonds. The molecule has 37 heavy (non-hydrogen) atoms. The van der Waals surface area contributed by atoms with Gasteiger partial charge in [0.2, 0.25) is 5.89 Å². The Morgan fingerprint density at radius 3 is 2.62 bits per heavy atom. The highest BCUT2D eigenvalue weighted by molar-refractivity contribution is 6.07. The molecule has 198 valence electrons. The van der Waals surface area contributed by atoms with E-state index in [-0.39, 0.29) is 34.8 Å². The van der Waals surface area contributed by atoms with Crippen LogP contribution in [0.2, 0.25) is 0 Å². The highest BCUT2D eigenvalue weighted by Crippen LogP contribution is 2.36. The molecular formula is C24H28F3N7O3. The maximum atomic E-state index is 12.8. The van der Waals surface area contributed by atoms with E-state index in [0.717, 1.165) is 31.9 Å². The van der Waals surface area contributed by atoms with Gasteiger partial charge in [-0.05, 0) is 49.7 Å². The minimum Gasteiger partial charge on any atom is -0.444 e. The van der Waals surface area contributed by atoms with E-state index in [1.165, 1.54) is 18.3 Å². The second-order valence-corrected chi connectivity index (χ2v) is 9.44. The van der Waals surface area contributed by atoms with Gasteiger partial charge in [0.15, 0.2) is 11.4 Å². The van der Waals surface area contributed by atoms with Crippen LogP contribution in [0.25, 0.3) is 11.5 Å². The summed E-state index contributed by atoms with van der Waals surface area (Å²) in [6.45, 7) is 3.18. The van der Waals surface area contributed by atoms with Gasteiger partial charge in [0, 0.05) is 18.0 Å². The van der Waals surface area contributed by atoms with E-state index < -0.39 is 24.5 Å². The summed E-state index contributed by atoms with van der Waals surface area (Å²) in [7, 11) is 0. The number of nitrogens with two attached hydrogens (primary N) is 1. The number of rotatable bonds is 8. The lowest BCUT2D eigenvalue weighted by Crippen LogP contribution is -2.22. The van der Waals surface area contributed by atoms with Crippen LogP contribution >= 0.6 is 0 Å². The number of aromatic nitrogens is 4. The summed E-state index contributed by atoms with van der Waals surface area (Å²) in [4.78, 5) is 32.8. The maximum absolute atomic E-state index is 12.8. The Balaban J connectivity index is 1.46. The number of nitrogens with zero attached hydrogens (tertiary/aromatic N) is 4. The van der Waals surface area contributed by atoms with Crippen molar-refractivity contribution in [2.75, 3.05) is 17.2 Å². The van der Waals surface area contributed by atoms with Gasteiger partial charge >= 0.3 is 6.18 Å². The molecule has 0 atom stereocenters. The largest absolute Gasteiger partial charge is 0.444 e. The molecule has 0 aromatic carbocycles. The fourth-order valence-electron chi connectivity index (χ4n) is 4.43. The molecule has 0 unspecified atom stereocenters. The third-order valence-corrected chi connectivity index (χ3v) is 6.49. The predicted molar refractivity (Wildman–Crippen MR) is 129 cm³/mol. The van der Waals surface area contributed by atoms with Crippen molar-refractivity contribution in [1.29, 1.82) is 0 Å². The highest BCUT2D eigenvalue weighted by atomic mass is 19.4. The van der Waals surface area contributed by atoms with E-state index in [9.17, 15) is 22.8 Å². The molecule has 1 aliphatic carbocycles. The number of halogens is 3. The van der Waals surface area contributed by atoms with Crippen LogP contribution in [0.3, 0.4) is 0 Å². The summed E-state index contributed by atoms with van der Waals surface area (Å²) in [6.07, 6.45) is 3.52. The number of amides is 2. The fourth-order valence-corrected chi connectivity index (χ4v) is 4.43. The van der Waals surface area contributed by atoms with E-state index >= 15 is 0 Å². The highest BCUT2D eigenvalue weighted by Gasteiger charge is 2.28. The van der Waals surface area contributed by atoms with Crippen molar-refractivity contribution in [2.45, 2.75) is 51.7 Å². The van der Waals surface area contributed by atoms with Crippen LogP contribution in [0.1, 0.15) is 66.5 Å². The lowest BCUT2D eigenvalue weighted by molar-refractivity contribution is -0.115. The van der Waals surface area contributed by atoms with Crippen LogP contribution in [0, 0.1) is 11.8 Å². The molecule has 3 aromatic rings. The second kappa shape index (κ2) is 10.6. The zero-order valence-electron chi connectivity index (χ0n) is 20.4. The lowest BCUT2D eigenvalue weighted by atomic mass is 9.80. The summed E-state index contributed by atoms with van der Waals surface area (Å²) >= 11 is 0. The minimum atomic E-state index is -4.41. The van der Waals surface area contributed by atoms with E-state index in [4.69, 9.17) is 10.2 Å². The van der Waals surface area contributed by atoms with Crippen LogP contribution < -0.4 is 16.4 Å². The quantitative estimate of drug-likeness (QED) is 0.393. The zero-order valence-corrected chi connectivity index (χ0v) is 20.4. The second-order valence-electron chi connectivity index (χ2n) is 9.44. The van der Waals surface area contributed by atoms with Gasteiger partial charge in [-0.3, -0.25) is 14.3 Å². The van der Waals surface area contributed by atoms with Crippen LogP contribution in [0.15, 0.2) is 35.2 Å². The average molecular weight is 520 g/mol. The van der Waals surface area contributed by atoms with Crippen molar-refractivity contribution in [3.8, 4) is 11.5 Å². The van der Waals surface area contributed by atoms with E-state index in [0.29, 0.717) is 17.4 Å². The molecule has 3 heterocycles. The van der Waals surface area contributed by atoms with E-state index in [1.54, 1.807) is 10.9 Å². The SMILES string of the molecule is CC(C)[C@H]1CC[C@@H](n2cc(NC(=O)c3coc(-c4ccnc(NCC(F)(F)F)c4)n3)c(C(N)=O)n2)CC1. The molecule has 0 aliphatic heterocycles. The first kappa shape index (κ1) is 26.2. The standard InChI is InChI=1S/C24H28F3N7O3/c1-13(2)14-3-5-16(6-4-14)34-10-17(20(33-34)21(28)35)31-22(36)18-11-37-23(32-18)15-7-8-29-19(9-15)30-12-24(25,26)27/h7-11,13-14,16H,3-6,12H2,1-2H3,(H2,28,35)(H,29,30)(H,31,36)/t14-,16+. The number of alkyl halides is 3. The number of carbonyl (C=O) groups excluding carboxylic acids is 2. The Labute approximate surface area is 210 Å². The number of carbonyl (C=O) groups is 2. The summed E-state index contributed by atoms with van der Waals surface area (Å²) in [5.41, 5.74) is 5.82. The molecule has 1 saturated carbocycles. The van der Waals surface area contributed by atoms with Crippen molar-refractivity contribution in [3.05, 3.63) is 42.2 Å². The van der Waals surface area contributed by atoms with Crippen LogP contribution in [-0.4, -0.2) is 44.3 Å². The van der Waals surface area contributed by atoms with Gasteiger partial charge in [-0.15, -0.1) is 0 Å². The van der Waals surface area contributed by atoms with Crippen molar-refractivity contribution >= 4 is 23.3 Å². The Bertz CT molecular complexity index is 1260. The minimum absolute atomic E-state index is 0.00957. The molecule has 0 saturated heterocycles. The molecule has 1 fully saturated rings. The van der Waals surface area contributed by atoms with Gasteiger partial charge in [-0.1, -0.05) is 13.8 Å². The van der Waals surface area contributed by atoms with E-state index in [1.807, 2.05) is 0 Å². The molecule has 10 nitrogen and oxygen atoms in total. The molecule has 1 aliphatic rings. The third-order valence-electron chi connectivity index (χ3n) is 6.49. The molecular weight excluding hydrogens is 491 g/mol. The summed E-state index contributed by atoms with van der Waals surface area (Å²) in [6, 6.07) is 2.90. The molecule has 4 N–H and O–H groups in total. The first-order chi connectivity index (χ1) is 17.5. The molecule has 3 aromatic heterocycles. The third kappa shape index (κ3) is 6.46. The summed E-state index contributed by atoms with van der Waals surface area (Å²) in [5.74, 6) is -0.196. The first-order valence-electron chi connectivity index (χ1n) is 11.9.